The predicted molar refractivity (Wildman–Crippen MR) is 84.9 cm³/mol. The third-order valence-electron chi connectivity index (χ3n) is 3.10. The summed E-state index contributed by atoms with van der Waals surface area (Å²) in [5, 5.41) is 1.98. The lowest BCUT2D eigenvalue weighted by molar-refractivity contribution is -0.121. The maximum absolute atomic E-state index is 12.4. The molecule has 2 heterocycles. The molecule has 0 bridgehead atoms. The van der Waals surface area contributed by atoms with E-state index in [0.29, 0.717) is 30.4 Å². The van der Waals surface area contributed by atoms with Crippen LogP contribution in [-0.2, 0) is 14.8 Å². The molecule has 1 aliphatic rings. The lowest BCUT2D eigenvalue weighted by Crippen LogP contribution is -2.51. The Bertz CT molecular complexity index is 667. The summed E-state index contributed by atoms with van der Waals surface area (Å²) in [7, 11) is -3.49. The molecule has 0 radical (unpaired) electrons. The van der Waals surface area contributed by atoms with Gasteiger partial charge >= 0.3 is 6.03 Å². The van der Waals surface area contributed by atoms with Crippen LogP contribution in [0.2, 0.25) is 0 Å². The summed E-state index contributed by atoms with van der Waals surface area (Å²) in [4.78, 5) is 23.8. The van der Waals surface area contributed by atoms with Gasteiger partial charge in [-0.05, 0) is 28.1 Å². The summed E-state index contributed by atoms with van der Waals surface area (Å²) < 4.78 is 27.3. The molecule has 0 aliphatic carbocycles. The first-order chi connectivity index (χ1) is 10.3. The zero-order valence-corrected chi connectivity index (χ0v) is 14.7. The Labute approximate surface area is 140 Å². The number of imide groups is 1. The minimum Gasteiger partial charge on any atom is -0.351 e. The quantitative estimate of drug-likeness (QED) is 0.725. The summed E-state index contributed by atoms with van der Waals surface area (Å²) in [5.74, 6) is -0.494. The van der Waals surface area contributed by atoms with Crippen molar-refractivity contribution in [1.29, 1.82) is 0 Å². The van der Waals surface area contributed by atoms with E-state index >= 15 is 0 Å². The Morgan fingerprint density at radius 3 is 2.41 bits per heavy atom. The highest BCUT2D eigenvalue weighted by Crippen LogP contribution is 2.28. The molecule has 1 aromatic rings. The summed E-state index contributed by atoms with van der Waals surface area (Å²) in [6.45, 7) is 1.43. The van der Waals surface area contributed by atoms with Crippen molar-refractivity contribution in [1.82, 2.24) is 14.5 Å². The number of hydrogen-bond donors (Lipinski definition) is 2. The van der Waals surface area contributed by atoms with Crippen molar-refractivity contribution in [2.75, 3.05) is 32.7 Å². The van der Waals surface area contributed by atoms with E-state index < -0.39 is 22.0 Å². The highest BCUT2D eigenvalue weighted by Gasteiger charge is 2.30. The number of rotatable bonds is 4. The number of primary amides is 1. The maximum atomic E-state index is 12.4. The molecule has 2 rings (SSSR count). The van der Waals surface area contributed by atoms with E-state index in [1.807, 2.05) is 5.32 Å². The van der Waals surface area contributed by atoms with Crippen molar-refractivity contribution in [3.05, 3.63) is 15.9 Å². The number of carbonyl (C=O) groups is 2. The minimum absolute atomic E-state index is 0.0153. The van der Waals surface area contributed by atoms with Crippen molar-refractivity contribution in [2.45, 2.75) is 4.21 Å². The highest BCUT2D eigenvalue weighted by molar-refractivity contribution is 9.11. The van der Waals surface area contributed by atoms with Gasteiger partial charge in [-0.25, -0.2) is 13.2 Å². The number of hydrogen-bond acceptors (Lipinski definition) is 6. The number of carbonyl (C=O) groups excluding carboxylic acids is 2. The Morgan fingerprint density at radius 1 is 1.27 bits per heavy atom. The van der Waals surface area contributed by atoms with Gasteiger partial charge in [0.05, 0.1) is 10.3 Å². The first-order valence-corrected chi connectivity index (χ1v) is 9.41. The maximum Gasteiger partial charge on any atom is 0.318 e. The van der Waals surface area contributed by atoms with E-state index in [9.17, 15) is 18.0 Å². The number of halogens is 1. The molecule has 122 valence electrons. The van der Waals surface area contributed by atoms with Gasteiger partial charge in [-0.3, -0.25) is 15.0 Å². The highest BCUT2D eigenvalue weighted by atomic mass is 79.9. The molecule has 3 amide bonds. The van der Waals surface area contributed by atoms with Crippen LogP contribution in [0.15, 0.2) is 20.1 Å². The van der Waals surface area contributed by atoms with Crippen LogP contribution < -0.4 is 11.1 Å². The topological polar surface area (TPSA) is 113 Å². The van der Waals surface area contributed by atoms with E-state index in [-0.39, 0.29) is 6.54 Å². The first kappa shape index (κ1) is 17.3. The zero-order chi connectivity index (χ0) is 16.3. The number of nitrogens with two attached hydrogens (primary N) is 1. The fourth-order valence-electron chi connectivity index (χ4n) is 2.07. The van der Waals surface area contributed by atoms with Crippen LogP contribution in [0.5, 0.6) is 0 Å². The third-order valence-corrected chi connectivity index (χ3v) is 7.09. The van der Waals surface area contributed by atoms with Gasteiger partial charge < -0.3 is 5.73 Å². The Morgan fingerprint density at radius 2 is 1.91 bits per heavy atom. The van der Waals surface area contributed by atoms with Crippen LogP contribution >= 0.6 is 27.3 Å². The molecular formula is C11H15BrN4O4S2. The van der Waals surface area contributed by atoms with Gasteiger partial charge in [-0.15, -0.1) is 11.3 Å². The van der Waals surface area contributed by atoms with E-state index in [0.717, 1.165) is 15.1 Å². The normalized spacial score (nSPS) is 17.3. The van der Waals surface area contributed by atoms with Crippen molar-refractivity contribution in [3.63, 3.8) is 0 Å². The van der Waals surface area contributed by atoms with Gasteiger partial charge in [0.25, 0.3) is 10.0 Å². The molecule has 1 saturated heterocycles. The largest absolute Gasteiger partial charge is 0.351 e. The lowest BCUT2D eigenvalue weighted by Gasteiger charge is -2.33. The molecular weight excluding hydrogens is 396 g/mol. The number of piperazine rings is 1. The standard InChI is InChI=1S/C11H15BrN4O4S2/c12-8-1-2-10(21-8)22(19,20)16-5-3-15(4-6-16)7-9(17)14-11(13)18/h1-2H,3-7H2,(H3,13,14,17,18). The van der Waals surface area contributed by atoms with Crippen LogP contribution in [0.3, 0.4) is 0 Å². The van der Waals surface area contributed by atoms with Gasteiger partial charge in [0.1, 0.15) is 4.21 Å². The SMILES string of the molecule is NC(=O)NC(=O)CN1CCN(S(=O)(=O)c2ccc(Br)s2)CC1. The Kier molecular flexibility index (Phi) is 5.55. The minimum atomic E-state index is -3.49. The van der Waals surface area contributed by atoms with Gasteiger partial charge in [-0.1, -0.05) is 0 Å². The Balaban J connectivity index is 1.92. The number of nitrogens with one attached hydrogen (secondary N) is 1. The molecule has 22 heavy (non-hydrogen) atoms. The first-order valence-electron chi connectivity index (χ1n) is 6.36. The smallest absolute Gasteiger partial charge is 0.318 e. The molecule has 11 heteroatoms. The number of urea groups is 1. The fourth-order valence-corrected chi connectivity index (χ4v) is 5.66. The lowest BCUT2D eigenvalue weighted by atomic mass is 10.3. The molecule has 0 aromatic carbocycles. The monoisotopic (exact) mass is 410 g/mol. The molecule has 1 aromatic heterocycles. The average Bonchev–Trinajstić information content (AvgIpc) is 2.86. The predicted octanol–water partition coefficient (Wildman–Crippen LogP) is 0.0118. The molecule has 0 spiro atoms. The van der Waals surface area contributed by atoms with E-state index in [1.165, 1.54) is 4.31 Å². The second-order valence-corrected chi connectivity index (χ2v) is 9.28. The molecule has 0 saturated carbocycles. The summed E-state index contributed by atoms with van der Waals surface area (Å²) in [6, 6.07) is 2.37. The van der Waals surface area contributed by atoms with Crippen molar-refractivity contribution >= 4 is 49.2 Å². The number of thiophene rings is 1. The van der Waals surface area contributed by atoms with Gasteiger partial charge in [0, 0.05) is 26.2 Å². The molecule has 0 unspecified atom stereocenters. The van der Waals surface area contributed by atoms with Crippen molar-refractivity contribution in [2.24, 2.45) is 5.73 Å². The second-order valence-electron chi connectivity index (χ2n) is 4.65. The van der Waals surface area contributed by atoms with Crippen molar-refractivity contribution in [3.8, 4) is 0 Å². The van der Waals surface area contributed by atoms with Crippen LogP contribution in [-0.4, -0.2) is 62.3 Å². The van der Waals surface area contributed by atoms with Crippen LogP contribution in [0, 0.1) is 0 Å². The third kappa shape index (κ3) is 4.26. The summed E-state index contributed by atoms with van der Waals surface area (Å²) >= 11 is 4.41. The molecule has 0 atom stereocenters. The van der Waals surface area contributed by atoms with Crippen LogP contribution in [0.4, 0.5) is 4.79 Å². The van der Waals surface area contributed by atoms with Gasteiger partial charge in [-0.2, -0.15) is 4.31 Å². The van der Waals surface area contributed by atoms with Crippen LogP contribution in [0.25, 0.3) is 0 Å². The summed E-state index contributed by atoms with van der Waals surface area (Å²) in [6.07, 6.45) is 0. The molecule has 1 aliphatic heterocycles. The van der Waals surface area contributed by atoms with E-state index in [2.05, 4.69) is 15.9 Å². The number of nitrogens with zero attached hydrogens (tertiary/aromatic N) is 2. The molecule has 1 fully saturated rings. The van der Waals surface area contributed by atoms with Gasteiger partial charge in [0.2, 0.25) is 5.91 Å². The zero-order valence-electron chi connectivity index (χ0n) is 11.5. The van der Waals surface area contributed by atoms with Gasteiger partial charge in [0.15, 0.2) is 0 Å². The Hall–Kier alpha value is -1.01. The van der Waals surface area contributed by atoms with Crippen LogP contribution in [0.1, 0.15) is 0 Å². The van der Waals surface area contributed by atoms with E-state index in [4.69, 9.17) is 5.73 Å². The summed E-state index contributed by atoms with van der Waals surface area (Å²) in [5.41, 5.74) is 4.86. The second kappa shape index (κ2) is 7.04. The van der Waals surface area contributed by atoms with Crippen molar-refractivity contribution < 1.29 is 18.0 Å². The molecule has 3 N–H and O–H groups in total. The molecule has 8 nitrogen and oxygen atoms in total. The van der Waals surface area contributed by atoms with E-state index in [1.54, 1.807) is 17.0 Å². The average molecular weight is 411 g/mol. The number of sulfonamides is 1. The fraction of sp³-hybridized carbons (Fsp3) is 0.455. The number of amides is 3.